The molecular formula is C18H19F3N4. The van der Waals surface area contributed by atoms with Crippen molar-refractivity contribution in [3.63, 3.8) is 0 Å². The molecule has 0 radical (unpaired) electrons. The van der Waals surface area contributed by atoms with Gasteiger partial charge < -0.3 is 5.32 Å². The van der Waals surface area contributed by atoms with Crippen LogP contribution < -0.4 is 5.32 Å². The van der Waals surface area contributed by atoms with E-state index in [0.29, 0.717) is 23.4 Å². The van der Waals surface area contributed by atoms with Gasteiger partial charge in [0.05, 0.1) is 10.9 Å². The van der Waals surface area contributed by atoms with Crippen LogP contribution in [0.25, 0.3) is 11.0 Å². The maximum atomic E-state index is 12.8. The smallest absolute Gasteiger partial charge is 0.365 e. The van der Waals surface area contributed by atoms with Crippen LogP contribution in [0.5, 0.6) is 0 Å². The second-order valence-electron chi connectivity index (χ2n) is 6.32. The van der Waals surface area contributed by atoms with Crippen LogP contribution in [0, 0.1) is 13.8 Å². The van der Waals surface area contributed by atoms with E-state index in [0.717, 1.165) is 22.7 Å². The fraction of sp³-hybridized carbons (Fsp3) is 0.333. The molecule has 0 spiro atoms. The zero-order chi connectivity index (χ0) is 18.2. The molecular weight excluding hydrogens is 329 g/mol. The first-order valence-electron chi connectivity index (χ1n) is 7.99. The number of nitrogens with one attached hydrogen (secondary N) is 2. The molecule has 0 bridgehead atoms. The van der Waals surface area contributed by atoms with Crippen LogP contribution in [0.15, 0.2) is 30.3 Å². The minimum atomic E-state index is -4.33. The van der Waals surface area contributed by atoms with Crippen LogP contribution in [0.2, 0.25) is 0 Å². The highest BCUT2D eigenvalue weighted by molar-refractivity contribution is 5.90. The number of nitrogens with zero attached hydrogens (tertiary/aromatic N) is 2. The molecule has 0 aliphatic carbocycles. The molecule has 0 amide bonds. The van der Waals surface area contributed by atoms with Gasteiger partial charge in [-0.15, -0.1) is 0 Å². The first-order chi connectivity index (χ1) is 11.7. The van der Waals surface area contributed by atoms with Gasteiger partial charge in [-0.2, -0.15) is 18.3 Å². The number of fused-ring (bicyclic) bond motifs is 1. The number of H-pyrrole nitrogens is 1. The molecule has 1 aromatic carbocycles. The molecule has 4 nitrogen and oxygen atoms in total. The first kappa shape index (κ1) is 17.3. The predicted molar refractivity (Wildman–Crippen MR) is 91.6 cm³/mol. The van der Waals surface area contributed by atoms with Crippen molar-refractivity contribution >= 4 is 16.9 Å². The normalized spacial score (nSPS) is 13.2. The lowest BCUT2D eigenvalue weighted by molar-refractivity contribution is -0.137. The molecule has 0 aliphatic rings. The summed E-state index contributed by atoms with van der Waals surface area (Å²) >= 11 is 0. The topological polar surface area (TPSA) is 53.6 Å². The van der Waals surface area contributed by atoms with Crippen LogP contribution in [-0.2, 0) is 12.6 Å². The zero-order valence-electron chi connectivity index (χ0n) is 14.2. The van der Waals surface area contributed by atoms with E-state index in [2.05, 4.69) is 20.5 Å². The van der Waals surface area contributed by atoms with Crippen LogP contribution in [0.3, 0.4) is 0 Å². The molecule has 2 aromatic heterocycles. The Morgan fingerprint density at radius 2 is 1.96 bits per heavy atom. The molecule has 0 saturated heterocycles. The summed E-state index contributed by atoms with van der Waals surface area (Å²) in [5, 5.41) is 11.3. The highest BCUT2D eigenvalue weighted by Gasteiger charge is 2.30. The summed E-state index contributed by atoms with van der Waals surface area (Å²) in [6.45, 7) is 5.81. The summed E-state index contributed by atoms with van der Waals surface area (Å²) in [5.74, 6) is 0.666. The lowest BCUT2D eigenvalue weighted by Gasteiger charge is -2.15. The summed E-state index contributed by atoms with van der Waals surface area (Å²) in [5.41, 5.74) is 2.65. The lowest BCUT2D eigenvalue weighted by atomic mass is 10.0. The SMILES string of the molecule is Cc1cc(C)c2c(N[C@@H](C)Cc3cccc(C(F)(F)F)c3)n[nH]c2n1. The molecule has 132 valence electrons. The Bertz CT molecular complexity index is 899. The Labute approximate surface area is 143 Å². The third-order valence-corrected chi connectivity index (χ3v) is 4.03. The average Bonchev–Trinajstić information content (AvgIpc) is 2.89. The number of aromatic nitrogens is 3. The minimum absolute atomic E-state index is 0.0873. The van der Waals surface area contributed by atoms with E-state index in [1.54, 1.807) is 6.07 Å². The first-order valence-corrected chi connectivity index (χ1v) is 7.99. The molecule has 0 fully saturated rings. The molecule has 0 unspecified atom stereocenters. The number of hydrogen-bond acceptors (Lipinski definition) is 3. The fourth-order valence-corrected chi connectivity index (χ4v) is 3.00. The third kappa shape index (κ3) is 3.75. The zero-order valence-corrected chi connectivity index (χ0v) is 14.2. The van der Waals surface area contributed by atoms with Crippen molar-refractivity contribution in [3.05, 3.63) is 52.7 Å². The second-order valence-corrected chi connectivity index (χ2v) is 6.32. The van der Waals surface area contributed by atoms with Crippen molar-refractivity contribution < 1.29 is 13.2 Å². The lowest BCUT2D eigenvalue weighted by Crippen LogP contribution is -2.19. The Balaban J connectivity index is 1.79. The highest BCUT2D eigenvalue weighted by atomic mass is 19.4. The Kier molecular flexibility index (Phi) is 4.41. The maximum absolute atomic E-state index is 12.8. The summed E-state index contributed by atoms with van der Waals surface area (Å²) in [6.07, 6.45) is -3.87. The molecule has 0 aliphatic heterocycles. The summed E-state index contributed by atoms with van der Waals surface area (Å²) in [7, 11) is 0. The number of aryl methyl sites for hydroxylation is 2. The van der Waals surface area contributed by atoms with E-state index < -0.39 is 11.7 Å². The molecule has 1 atom stereocenters. The molecule has 0 saturated carbocycles. The van der Waals surface area contributed by atoms with Gasteiger partial charge in [0.1, 0.15) is 0 Å². The van der Waals surface area contributed by atoms with Gasteiger partial charge in [-0.1, -0.05) is 18.2 Å². The number of benzene rings is 1. The van der Waals surface area contributed by atoms with E-state index in [4.69, 9.17) is 0 Å². The largest absolute Gasteiger partial charge is 0.416 e. The number of aromatic amines is 1. The van der Waals surface area contributed by atoms with Crippen LogP contribution >= 0.6 is 0 Å². The van der Waals surface area contributed by atoms with E-state index in [1.165, 1.54) is 12.1 Å². The molecule has 3 rings (SSSR count). The highest BCUT2D eigenvalue weighted by Crippen LogP contribution is 2.30. The number of rotatable bonds is 4. The minimum Gasteiger partial charge on any atom is -0.365 e. The van der Waals surface area contributed by atoms with Gasteiger partial charge in [-0.25, -0.2) is 4.98 Å². The van der Waals surface area contributed by atoms with Gasteiger partial charge in [-0.3, -0.25) is 5.10 Å². The van der Waals surface area contributed by atoms with Crippen molar-refractivity contribution in [3.8, 4) is 0 Å². The summed E-state index contributed by atoms with van der Waals surface area (Å²) in [6, 6.07) is 7.30. The van der Waals surface area contributed by atoms with E-state index in [9.17, 15) is 13.2 Å². The monoisotopic (exact) mass is 348 g/mol. The van der Waals surface area contributed by atoms with Crippen molar-refractivity contribution in [2.24, 2.45) is 0 Å². The number of alkyl halides is 3. The standard InChI is InChI=1S/C18H19F3N4/c1-10-7-11(2)22-16-15(10)17(25-24-16)23-12(3)8-13-5-4-6-14(9-13)18(19,20)21/h4-7,9,12H,8H2,1-3H3,(H2,22,23,24,25)/t12-/m0/s1. The average molecular weight is 348 g/mol. The molecule has 7 heteroatoms. The van der Waals surface area contributed by atoms with Crippen LogP contribution in [0.1, 0.15) is 29.3 Å². The summed E-state index contributed by atoms with van der Waals surface area (Å²) in [4.78, 5) is 4.40. The van der Waals surface area contributed by atoms with Gasteiger partial charge >= 0.3 is 6.18 Å². The number of anilines is 1. The van der Waals surface area contributed by atoms with E-state index >= 15 is 0 Å². The molecule has 2 heterocycles. The quantitative estimate of drug-likeness (QED) is 0.722. The number of pyridine rings is 1. The Hall–Kier alpha value is -2.57. The second kappa shape index (κ2) is 6.38. The van der Waals surface area contributed by atoms with Crippen LogP contribution in [0.4, 0.5) is 19.0 Å². The van der Waals surface area contributed by atoms with E-state index in [1.807, 2.05) is 26.8 Å². The van der Waals surface area contributed by atoms with Crippen molar-refractivity contribution in [2.75, 3.05) is 5.32 Å². The van der Waals surface area contributed by atoms with Gasteiger partial charge in [0, 0.05) is 11.7 Å². The molecule has 25 heavy (non-hydrogen) atoms. The summed E-state index contributed by atoms with van der Waals surface area (Å²) < 4.78 is 38.5. The van der Waals surface area contributed by atoms with Crippen molar-refractivity contribution in [2.45, 2.75) is 39.4 Å². The Morgan fingerprint density at radius 3 is 2.68 bits per heavy atom. The molecule has 2 N–H and O–H groups in total. The van der Waals surface area contributed by atoms with Gasteiger partial charge in [0.15, 0.2) is 11.5 Å². The van der Waals surface area contributed by atoms with E-state index in [-0.39, 0.29) is 6.04 Å². The van der Waals surface area contributed by atoms with Gasteiger partial charge in [-0.05, 0) is 50.5 Å². The Morgan fingerprint density at radius 1 is 1.20 bits per heavy atom. The fourth-order valence-electron chi connectivity index (χ4n) is 3.00. The van der Waals surface area contributed by atoms with Crippen LogP contribution in [-0.4, -0.2) is 21.2 Å². The van der Waals surface area contributed by atoms with Gasteiger partial charge in [0.2, 0.25) is 0 Å². The predicted octanol–water partition coefficient (Wildman–Crippen LogP) is 4.64. The number of halogens is 3. The van der Waals surface area contributed by atoms with Crippen molar-refractivity contribution in [1.82, 2.24) is 15.2 Å². The third-order valence-electron chi connectivity index (χ3n) is 4.03. The number of hydrogen-bond donors (Lipinski definition) is 2. The maximum Gasteiger partial charge on any atom is 0.416 e. The van der Waals surface area contributed by atoms with Crippen molar-refractivity contribution in [1.29, 1.82) is 0 Å². The van der Waals surface area contributed by atoms with Gasteiger partial charge in [0.25, 0.3) is 0 Å². The molecule has 3 aromatic rings.